The normalized spacial score (nSPS) is 22.3. The molecule has 0 saturated carbocycles. The minimum absolute atomic E-state index is 0.174. The average Bonchev–Trinajstić information content (AvgIpc) is 3.09. The maximum absolute atomic E-state index is 13.1. The van der Waals surface area contributed by atoms with E-state index in [4.69, 9.17) is 4.74 Å². The molecule has 0 aliphatic carbocycles. The number of piperidine rings is 1. The van der Waals surface area contributed by atoms with Crippen LogP contribution in [0.5, 0.6) is 0 Å². The Morgan fingerprint density at radius 3 is 2.43 bits per heavy atom. The van der Waals surface area contributed by atoms with E-state index in [0.29, 0.717) is 25.1 Å². The van der Waals surface area contributed by atoms with Gasteiger partial charge in [-0.05, 0) is 49.1 Å². The van der Waals surface area contributed by atoms with Gasteiger partial charge < -0.3 is 14.7 Å². The van der Waals surface area contributed by atoms with Crippen molar-refractivity contribution in [2.75, 3.05) is 31.1 Å². The first kappa shape index (κ1) is 18.9. The Kier molecular flexibility index (Phi) is 5.33. The maximum Gasteiger partial charge on any atom is 0.414 e. The number of carbonyl (C=O) groups excluding carboxylic acids is 1. The van der Waals surface area contributed by atoms with Gasteiger partial charge in [-0.2, -0.15) is 0 Å². The Balaban J connectivity index is 1.27. The average molecular weight is 384 g/mol. The molecule has 6 heteroatoms. The number of likely N-dealkylation sites (tertiary alicyclic amines) is 1. The molecule has 0 bridgehead atoms. The number of hydrogen-bond donors (Lipinski definition) is 1. The van der Waals surface area contributed by atoms with Crippen LogP contribution in [0.25, 0.3) is 0 Å². The van der Waals surface area contributed by atoms with Crippen molar-refractivity contribution in [1.29, 1.82) is 0 Å². The molecule has 2 aromatic rings. The highest BCUT2D eigenvalue weighted by molar-refractivity contribution is 5.89. The van der Waals surface area contributed by atoms with Gasteiger partial charge in [0.25, 0.3) is 0 Å². The first-order valence-corrected chi connectivity index (χ1v) is 9.77. The third-order valence-electron chi connectivity index (χ3n) is 5.77. The highest BCUT2D eigenvalue weighted by Gasteiger charge is 2.35. The van der Waals surface area contributed by atoms with Crippen molar-refractivity contribution in [3.63, 3.8) is 0 Å². The first-order valence-electron chi connectivity index (χ1n) is 9.77. The molecule has 1 amide bonds. The predicted molar refractivity (Wildman–Crippen MR) is 105 cm³/mol. The fourth-order valence-electron chi connectivity index (χ4n) is 4.01. The van der Waals surface area contributed by atoms with Gasteiger partial charge in [-0.1, -0.05) is 30.3 Å². The number of hydrogen-bond acceptors (Lipinski definition) is 4. The number of benzene rings is 2. The quantitative estimate of drug-likeness (QED) is 0.857. The summed E-state index contributed by atoms with van der Waals surface area (Å²) in [7, 11) is 0. The second kappa shape index (κ2) is 7.89. The predicted octanol–water partition coefficient (Wildman–Crippen LogP) is 3.52. The van der Waals surface area contributed by atoms with Gasteiger partial charge in [0.05, 0.1) is 12.1 Å². The molecular formula is C22H25FN2O3. The molecule has 5 nitrogen and oxygen atoms in total. The number of aliphatic hydroxyl groups is 1. The van der Waals surface area contributed by atoms with Crippen LogP contribution in [-0.4, -0.2) is 48.4 Å². The fourth-order valence-corrected chi connectivity index (χ4v) is 4.01. The lowest BCUT2D eigenvalue weighted by atomic mass is 9.84. The lowest BCUT2D eigenvalue weighted by Crippen LogP contribution is -2.43. The van der Waals surface area contributed by atoms with E-state index in [1.807, 2.05) is 30.3 Å². The Morgan fingerprint density at radius 2 is 1.75 bits per heavy atom. The van der Waals surface area contributed by atoms with Crippen molar-refractivity contribution < 1.29 is 19.0 Å². The Bertz CT molecular complexity index is 804. The molecule has 4 rings (SSSR count). The maximum atomic E-state index is 13.1. The SMILES string of the molecule is O=C1OC(CCN2CCC(O)(c3ccccc3)CC2)CN1c1ccc(F)cc1. The molecular weight excluding hydrogens is 359 g/mol. The number of amides is 1. The van der Waals surface area contributed by atoms with Crippen LogP contribution >= 0.6 is 0 Å². The van der Waals surface area contributed by atoms with Gasteiger partial charge in [-0.25, -0.2) is 9.18 Å². The minimum atomic E-state index is -0.753. The van der Waals surface area contributed by atoms with Gasteiger partial charge in [0.2, 0.25) is 0 Å². The molecule has 2 aromatic carbocycles. The van der Waals surface area contributed by atoms with Crippen LogP contribution < -0.4 is 4.90 Å². The largest absolute Gasteiger partial charge is 0.444 e. The Morgan fingerprint density at radius 1 is 1.07 bits per heavy atom. The second-order valence-corrected chi connectivity index (χ2v) is 7.62. The molecule has 0 radical (unpaired) electrons. The minimum Gasteiger partial charge on any atom is -0.444 e. The van der Waals surface area contributed by atoms with E-state index in [9.17, 15) is 14.3 Å². The van der Waals surface area contributed by atoms with E-state index < -0.39 is 5.60 Å². The first-order chi connectivity index (χ1) is 13.5. The molecule has 28 heavy (non-hydrogen) atoms. The zero-order valence-electron chi connectivity index (χ0n) is 15.8. The van der Waals surface area contributed by atoms with Crippen LogP contribution in [0, 0.1) is 5.82 Å². The summed E-state index contributed by atoms with van der Waals surface area (Å²) < 4.78 is 18.6. The number of halogens is 1. The van der Waals surface area contributed by atoms with E-state index in [1.165, 1.54) is 12.1 Å². The van der Waals surface area contributed by atoms with Crippen molar-refractivity contribution >= 4 is 11.8 Å². The summed E-state index contributed by atoms with van der Waals surface area (Å²) in [6.07, 6.45) is 1.58. The van der Waals surface area contributed by atoms with E-state index >= 15 is 0 Å². The highest BCUT2D eigenvalue weighted by Crippen LogP contribution is 2.33. The number of nitrogens with zero attached hydrogens (tertiary/aromatic N) is 2. The number of carbonyl (C=O) groups is 1. The number of ether oxygens (including phenoxy) is 1. The van der Waals surface area contributed by atoms with E-state index in [1.54, 1.807) is 17.0 Å². The van der Waals surface area contributed by atoms with E-state index in [-0.39, 0.29) is 18.0 Å². The van der Waals surface area contributed by atoms with Crippen LogP contribution in [0.1, 0.15) is 24.8 Å². The summed E-state index contributed by atoms with van der Waals surface area (Å²) in [5.41, 5.74) is 0.880. The molecule has 1 unspecified atom stereocenters. The summed E-state index contributed by atoms with van der Waals surface area (Å²) in [6.45, 7) is 2.92. The fraction of sp³-hybridized carbons (Fsp3) is 0.409. The number of rotatable bonds is 5. The molecule has 2 heterocycles. The van der Waals surface area contributed by atoms with Crippen molar-refractivity contribution in [3.8, 4) is 0 Å². The summed E-state index contributed by atoms with van der Waals surface area (Å²) in [4.78, 5) is 16.0. The molecule has 1 atom stereocenters. The molecule has 2 fully saturated rings. The smallest absolute Gasteiger partial charge is 0.414 e. The van der Waals surface area contributed by atoms with Crippen molar-refractivity contribution in [1.82, 2.24) is 4.90 Å². The van der Waals surface area contributed by atoms with Crippen LogP contribution in [0.3, 0.4) is 0 Å². The monoisotopic (exact) mass is 384 g/mol. The third-order valence-corrected chi connectivity index (χ3v) is 5.77. The molecule has 148 valence electrons. The van der Waals surface area contributed by atoms with Crippen molar-refractivity contribution in [2.45, 2.75) is 31.0 Å². The van der Waals surface area contributed by atoms with Gasteiger partial charge in [0, 0.05) is 25.3 Å². The summed E-state index contributed by atoms with van der Waals surface area (Å²) in [5, 5.41) is 10.9. The molecule has 0 aromatic heterocycles. The molecule has 1 N–H and O–H groups in total. The van der Waals surface area contributed by atoms with Crippen molar-refractivity contribution in [2.24, 2.45) is 0 Å². The molecule has 2 aliphatic rings. The zero-order chi connectivity index (χ0) is 19.6. The van der Waals surface area contributed by atoms with Crippen LogP contribution in [0.2, 0.25) is 0 Å². The van der Waals surface area contributed by atoms with Crippen molar-refractivity contribution in [3.05, 3.63) is 66.0 Å². The molecule has 2 saturated heterocycles. The van der Waals surface area contributed by atoms with Gasteiger partial charge in [-0.3, -0.25) is 4.90 Å². The van der Waals surface area contributed by atoms with E-state index in [2.05, 4.69) is 4.90 Å². The number of anilines is 1. The van der Waals surface area contributed by atoms with Crippen LogP contribution in [0.4, 0.5) is 14.9 Å². The Labute approximate surface area is 164 Å². The van der Waals surface area contributed by atoms with Gasteiger partial charge in [-0.15, -0.1) is 0 Å². The summed E-state index contributed by atoms with van der Waals surface area (Å²) >= 11 is 0. The van der Waals surface area contributed by atoms with Crippen LogP contribution in [0.15, 0.2) is 54.6 Å². The third kappa shape index (κ3) is 4.03. The lowest BCUT2D eigenvalue weighted by molar-refractivity contribution is -0.0275. The Hall–Kier alpha value is -2.44. The lowest BCUT2D eigenvalue weighted by Gasteiger charge is -2.38. The number of cyclic esters (lactones) is 1. The second-order valence-electron chi connectivity index (χ2n) is 7.62. The van der Waals surface area contributed by atoms with E-state index in [0.717, 1.165) is 31.6 Å². The zero-order valence-corrected chi connectivity index (χ0v) is 15.8. The topological polar surface area (TPSA) is 53.0 Å². The standard InChI is InChI=1S/C22H25FN2O3/c23-18-6-8-19(9-7-18)25-16-20(28-21(25)26)10-13-24-14-11-22(27,12-15-24)17-4-2-1-3-5-17/h1-9,20,27H,10-16H2. The van der Waals surface area contributed by atoms with Gasteiger partial charge in [0.15, 0.2) is 0 Å². The van der Waals surface area contributed by atoms with Gasteiger partial charge in [0.1, 0.15) is 11.9 Å². The molecule has 2 aliphatic heterocycles. The van der Waals surface area contributed by atoms with Gasteiger partial charge >= 0.3 is 6.09 Å². The highest BCUT2D eigenvalue weighted by atomic mass is 19.1. The van der Waals surface area contributed by atoms with Crippen LogP contribution in [-0.2, 0) is 10.3 Å². The molecule has 0 spiro atoms. The summed E-state index contributed by atoms with van der Waals surface area (Å²) in [5.74, 6) is -0.326. The summed E-state index contributed by atoms with van der Waals surface area (Å²) in [6, 6.07) is 15.7.